The summed E-state index contributed by atoms with van der Waals surface area (Å²) in [5, 5.41) is 6.22. The van der Waals surface area contributed by atoms with Gasteiger partial charge in [-0.1, -0.05) is 0 Å². The second kappa shape index (κ2) is 5.47. The lowest BCUT2D eigenvalue weighted by molar-refractivity contribution is -0.0201. The average molecular weight is 302 g/mol. The van der Waals surface area contributed by atoms with E-state index < -0.39 is 0 Å². The van der Waals surface area contributed by atoms with Crippen LogP contribution in [0.4, 0.5) is 0 Å². The van der Waals surface area contributed by atoms with Crippen LogP contribution in [-0.2, 0) is 6.42 Å². The summed E-state index contributed by atoms with van der Waals surface area (Å²) in [5.74, 6) is 1.94. The van der Waals surface area contributed by atoms with Gasteiger partial charge < -0.3 is 20.1 Å². The molecule has 2 N–H and O–H groups in total. The molecule has 0 aromatic heterocycles. The third kappa shape index (κ3) is 2.33. The van der Waals surface area contributed by atoms with E-state index in [1.54, 1.807) is 0 Å². The lowest BCUT2D eigenvalue weighted by atomic mass is 9.85. The molecule has 3 aliphatic rings. The Morgan fingerprint density at radius 3 is 2.59 bits per heavy atom. The predicted octanol–water partition coefficient (Wildman–Crippen LogP) is 1.85. The number of amides is 1. The SMILES string of the molecule is CNC1CCC(C2Oc3cc4c(cc3O2)C(=O)NCC4)CC1. The highest BCUT2D eigenvalue weighted by atomic mass is 16.7. The van der Waals surface area contributed by atoms with Gasteiger partial charge in [-0.3, -0.25) is 4.79 Å². The minimum atomic E-state index is -0.195. The third-order valence-electron chi connectivity index (χ3n) is 5.15. The zero-order valence-electron chi connectivity index (χ0n) is 12.9. The molecule has 22 heavy (non-hydrogen) atoms. The van der Waals surface area contributed by atoms with E-state index in [4.69, 9.17) is 9.47 Å². The van der Waals surface area contributed by atoms with Crippen LogP contribution in [0.5, 0.6) is 11.5 Å². The molecule has 1 aromatic rings. The smallest absolute Gasteiger partial charge is 0.251 e. The van der Waals surface area contributed by atoms with Gasteiger partial charge in [-0.25, -0.2) is 0 Å². The Balaban J connectivity index is 1.50. The van der Waals surface area contributed by atoms with Crippen molar-refractivity contribution < 1.29 is 14.3 Å². The maximum absolute atomic E-state index is 11.9. The molecule has 1 fully saturated rings. The Hall–Kier alpha value is -1.75. The molecule has 0 bridgehead atoms. The number of nitrogens with one attached hydrogen (secondary N) is 2. The zero-order valence-corrected chi connectivity index (χ0v) is 12.9. The summed E-state index contributed by atoms with van der Waals surface area (Å²) < 4.78 is 12.0. The van der Waals surface area contributed by atoms with Gasteiger partial charge in [0, 0.05) is 24.1 Å². The Bertz CT molecular complexity index is 594. The van der Waals surface area contributed by atoms with Crippen molar-refractivity contribution in [2.24, 2.45) is 5.92 Å². The van der Waals surface area contributed by atoms with Crippen LogP contribution in [0.2, 0.25) is 0 Å². The molecular formula is C17H22N2O3. The van der Waals surface area contributed by atoms with Crippen LogP contribution >= 0.6 is 0 Å². The minimum absolute atomic E-state index is 0.00868. The van der Waals surface area contributed by atoms with Gasteiger partial charge in [0.05, 0.1) is 0 Å². The van der Waals surface area contributed by atoms with Crippen molar-refractivity contribution in [1.82, 2.24) is 10.6 Å². The van der Waals surface area contributed by atoms with E-state index >= 15 is 0 Å². The van der Waals surface area contributed by atoms with Crippen molar-refractivity contribution in [3.8, 4) is 11.5 Å². The Morgan fingerprint density at radius 2 is 1.86 bits per heavy atom. The van der Waals surface area contributed by atoms with Gasteiger partial charge in [0.2, 0.25) is 6.29 Å². The predicted molar refractivity (Wildman–Crippen MR) is 82.3 cm³/mol. The van der Waals surface area contributed by atoms with Gasteiger partial charge in [0.1, 0.15) is 0 Å². The maximum atomic E-state index is 11.9. The molecule has 0 radical (unpaired) electrons. The van der Waals surface area contributed by atoms with Gasteiger partial charge in [-0.2, -0.15) is 0 Å². The highest BCUT2D eigenvalue weighted by molar-refractivity contribution is 5.97. The summed E-state index contributed by atoms with van der Waals surface area (Å²) in [6.07, 6.45) is 5.23. The second-order valence-corrected chi connectivity index (χ2v) is 6.47. The van der Waals surface area contributed by atoms with E-state index in [0.29, 0.717) is 18.5 Å². The van der Waals surface area contributed by atoms with Crippen molar-refractivity contribution in [2.75, 3.05) is 13.6 Å². The molecule has 0 saturated heterocycles. The quantitative estimate of drug-likeness (QED) is 0.875. The number of hydrogen-bond acceptors (Lipinski definition) is 4. The topological polar surface area (TPSA) is 59.6 Å². The molecule has 2 aliphatic heterocycles. The molecule has 1 aliphatic carbocycles. The second-order valence-electron chi connectivity index (χ2n) is 6.47. The molecule has 118 valence electrons. The molecule has 5 nitrogen and oxygen atoms in total. The van der Waals surface area contributed by atoms with E-state index in [2.05, 4.69) is 10.6 Å². The molecule has 1 saturated carbocycles. The van der Waals surface area contributed by atoms with E-state index in [1.807, 2.05) is 19.2 Å². The zero-order chi connectivity index (χ0) is 15.1. The number of fused-ring (bicyclic) bond motifs is 2. The lowest BCUT2D eigenvalue weighted by Crippen LogP contribution is -2.37. The van der Waals surface area contributed by atoms with Gasteiger partial charge >= 0.3 is 0 Å². The molecule has 0 spiro atoms. The molecule has 1 amide bonds. The summed E-state index contributed by atoms with van der Waals surface area (Å²) in [6, 6.07) is 4.46. The average Bonchev–Trinajstić information content (AvgIpc) is 2.96. The van der Waals surface area contributed by atoms with Crippen LogP contribution < -0.4 is 20.1 Å². The van der Waals surface area contributed by atoms with Crippen LogP contribution in [-0.4, -0.2) is 31.8 Å². The van der Waals surface area contributed by atoms with Crippen LogP contribution in [0.15, 0.2) is 12.1 Å². The fourth-order valence-electron chi connectivity index (χ4n) is 3.76. The van der Waals surface area contributed by atoms with Crippen molar-refractivity contribution in [3.05, 3.63) is 23.3 Å². The molecule has 4 rings (SSSR count). The molecule has 1 unspecified atom stereocenters. The molecule has 2 heterocycles. The van der Waals surface area contributed by atoms with Gasteiger partial charge in [-0.05, 0) is 56.8 Å². The third-order valence-corrected chi connectivity index (χ3v) is 5.15. The lowest BCUT2D eigenvalue weighted by Gasteiger charge is -2.30. The first kappa shape index (κ1) is 13.9. The summed E-state index contributed by atoms with van der Waals surface area (Å²) in [7, 11) is 2.03. The highest BCUT2D eigenvalue weighted by Crippen LogP contribution is 2.42. The Morgan fingerprint density at radius 1 is 1.14 bits per heavy atom. The number of benzene rings is 1. The first-order valence-electron chi connectivity index (χ1n) is 8.20. The number of hydrogen-bond donors (Lipinski definition) is 2. The maximum Gasteiger partial charge on any atom is 0.251 e. The molecule has 1 atom stereocenters. The van der Waals surface area contributed by atoms with Gasteiger partial charge in [-0.15, -0.1) is 0 Å². The van der Waals surface area contributed by atoms with Crippen LogP contribution in [0.1, 0.15) is 41.6 Å². The summed E-state index contributed by atoms with van der Waals surface area (Å²) in [4.78, 5) is 11.9. The Labute approximate surface area is 130 Å². The Kier molecular flexibility index (Phi) is 3.45. The normalized spacial score (nSPS) is 29.9. The first-order chi connectivity index (χ1) is 10.7. The van der Waals surface area contributed by atoms with Gasteiger partial charge in [0.15, 0.2) is 11.5 Å². The first-order valence-corrected chi connectivity index (χ1v) is 8.20. The summed E-state index contributed by atoms with van der Waals surface area (Å²) in [5.41, 5.74) is 1.79. The van der Waals surface area contributed by atoms with Crippen LogP contribution in [0.3, 0.4) is 0 Å². The minimum Gasteiger partial charge on any atom is -0.451 e. The van der Waals surface area contributed by atoms with Crippen molar-refractivity contribution in [3.63, 3.8) is 0 Å². The fraction of sp³-hybridized carbons (Fsp3) is 0.588. The molecular weight excluding hydrogens is 280 g/mol. The van der Waals surface area contributed by atoms with Gasteiger partial charge in [0.25, 0.3) is 5.91 Å². The van der Waals surface area contributed by atoms with E-state index in [-0.39, 0.29) is 12.2 Å². The van der Waals surface area contributed by atoms with Crippen molar-refractivity contribution in [1.29, 1.82) is 0 Å². The fourth-order valence-corrected chi connectivity index (χ4v) is 3.76. The largest absolute Gasteiger partial charge is 0.451 e. The van der Waals surface area contributed by atoms with E-state index in [0.717, 1.165) is 41.9 Å². The number of carbonyl (C=O) groups excluding carboxylic acids is 1. The van der Waals surface area contributed by atoms with Crippen molar-refractivity contribution in [2.45, 2.75) is 44.4 Å². The van der Waals surface area contributed by atoms with Crippen molar-refractivity contribution >= 4 is 5.91 Å². The van der Waals surface area contributed by atoms with Crippen LogP contribution in [0.25, 0.3) is 0 Å². The number of rotatable bonds is 2. The number of ether oxygens (including phenoxy) is 2. The molecule has 5 heteroatoms. The van der Waals surface area contributed by atoms with E-state index in [1.165, 1.54) is 12.8 Å². The van der Waals surface area contributed by atoms with E-state index in [9.17, 15) is 4.79 Å². The summed E-state index contributed by atoms with van der Waals surface area (Å²) >= 11 is 0. The monoisotopic (exact) mass is 302 g/mol. The summed E-state index contributed by atoms with van der Waals surface area (Å²) in [6.45, 7) is 0.697. The number of carbonyl (C=O) groups is 1. The van der Waals surface area contributed by atoms with Crippen LogP contribution in [0, 0.1) is 5.92 Å². The standard InChI is InChI=1S/C17H22N2O3/c1-18-12-4-2-10(3-5-12)17-21-14-8-11-6-7-19-16(20)13(11)9-15(14)22-17/h8-10,12,17-18H,2-7H2,1H3,(H,19,20). The highest BCUT2D eigenvalue weighted by Gasteiger charge is 2.35. The molecule has 1 aromatic carbocycles.